The van der Waals surface area contributed by atoms with Crippen LogP contribution in [0.1, 0.15) is 26.2 Å². The summed E-state index contributed by atoms with van der Waals surface area (Å²) < 4.78 is 0. The molecule has 2 aliphatic carbocycles. The summed E-state index contributed by atoms with van der Waals surface area (Å²) in [7, 11) is 0. The van der Waals surface area contributed by atoms with Crippen molar-refractivity contribution in [2.45, 2.75) is 50.5 Å². The molecule has 0 spiro atoms. The number of aliphatic hydroxyl groups excluding tert-OH is 2. The first kappa shape index (κ1) is 9.13. The molecule has 2 heterocycles. The monoisotopic (exact) mass is 197 g/mol. The van der Waals surface area contributed by atoms with E-state index in [0.29, 0.717) is 23.9 Å². The van der Waals surface area contributed by atoms with Gasteiger partial charge in [0.25, 0.3) is 0 Å². The highest BCUT2D eigenvalue weighted by atomic mass is 16.3. The Bertz CT molecular complexity index is 223. The molecule has 2 aliphatic heterocycles. The summed E-state index contributed by atoms with van der Waals surface area (Å²) in [5.74, 6) is 0.935. The first-order chi connectivity index (χ1) is 6.72. The Hall–Kier alpha value is -0.120. The van der Waals surface area contributed by atoms with E-state index in [1.54, 1.807) is 0 Å². The van der Waals surface area contributed by atoms with Crippen molar-refractivity contribution >= 4 is 0 Å². The maximum Gasteiger partial charge on any atom is 0.0724 e. The van der Waals surface area contributed by atoms with E-state index in [1.807, 2.05) is 0 Å². The van der Waals surface area contributed by atoms with E-state index in [1.165, 1.54) is 0 Å². The third-order valence-electron chi connectivity index (χ3n) is 4.67. The van der Waals surface area contributed by atoms with Gasteiger partial charge in [0.1, 0.15) is 0 Å². The van der Waals surface area contributed by atoms with Crippen LogP contribution in [-0.4, -0.2) is 45.9 Å². The normalized spacial score (nSPS) is 56.8. The lowest BCUT2D eigenvalue weighted by Gasteiger charge is -2.60. The smallest absolute Gasteiger partial charge is 0.0724 e. The molecule has 4 fully saturated rings. The summed E-state index contributed by atoms with van der Waals surface area (Å²) in [5.41, 5.74) is 0. The van der Waals surface area contributed by atoms with Crippen LogP contribution in [0.2, 0.25) is 0 Å². The molecule has 6 atom stereocenters. The van der Waals surface area contributed by atoms with Crippen molar-refractivity contribution in [3.8, 4) is 0 Å². The third kappa shape index (κ3) is 0.980. The first-order valence-corrected chi connectivity index (χ1v) is 5.84. The molecule has 0 aromatic rings. The van der Waals surface area contributed by atoms with Gasteiger partial charge in [-0.2, -0.15) is 0 Å². The Labute approximate surface area is 84.7 Å². The van der Waals surface area contributed by atoms with E-state index in [-0.39, 0.29) is 12.2 Å². The number of nitrogens with zero attached hydrogens (tertiary/aromatic N) is 1. The molecule has 0 aromatic carbocycles. The van der Waals surface area contributed by atoms with Crippen molar-refractivity contribution in [2.75, 3.05) is 6.54 Å². The quantitative estimate of drug-likeness (QED) is 0.631. The highest BCUT2D eigenvalue weighted by Crippen LogP contribution is 2.49. The van der Waals surface area contributed by atoms with Gasteiger partial charge in [0, 0.05) is 12.1 Å². The van der Waals surface area contributed by atoms with Crippen molar-refractivity contribution < 1.29 is 10.2 Å². The molecule has 0 radical (unpaired) electrons. The zero-order chi connectivity index (χ0) is 9.87. The largest absolute Gasteiger partial charge is 0.391 e. The van der Waals surface area contributed by atoms with Gasteiger partial charge in [0.15, 0.2) is 0 Å². The molecule has 80 valence electrons. The van der Waals surface area contributed by atoms with Gasteiger partial charge >= 0.3 is 0 Å². The van der Waals surface area contributed by atoms with Crippen LogP contribution >= 0.6 is 0 Å². The second kappa shape index (κ2) is 2.94. The first-order valence-electron chi connectivity index (χ1n) is 5.84. The maximum absolute atomic E-state index is 10.1. The van der Waals surface area contributed by atoms with E-state index in [9.17, 15) is 10.2 Å². The highest BCUT2D eigenvalue weighted by molar-refractivity contribution is 5.08. The Morgan fingerprint density at radius 2 is 1.50 bits per heavy atom. The molecule has 4 aliphatic rings. The Kier molecular flexibility index (Phi) is 1.92. The van der Waals surface area contributed by atoms with Gasteiger partial charge in [-0.25, -0.2) is 0 Å². The minimum absolute atomic E-state index is 0.130. The molecular formula is C11H19NO2. The molecule has 2 N–H and O–H groups in total. The molecule has 4 bridgehead atoms. The average Bonchev–Trinajstić information content (AvgIpc) is 2.16. The number of rotatable bonds is 1. The summed E-state index contributed by atoms with van der Waals surface area (Å²) in [6.45, 7) is 3.09. The number of hydrogen-bond acceptors (Lipinski definition) is 3. The van der Waals surface area contributed by atoms with E-state index in [0.717, 1.165) is 25.8 Å². The van der Waals surface area contributed by atoms with Crippen LogP contribution in [-0.2, 0) is 0 Å². The van der Waals surface area contributed by atoms with Crippen LogP contribution in [0.4, 0.5) is 0 Å². The summed E-state index contributed by atoms with van der Waals surface area (Å²) in [6.07, 6.45) is 2.80. The van der Waals surface area contributed by atoms with Gasteiger partial charge in [0.05, 0.1) is 12.2 Å². The zero-order valence-corrected chi connectivity index (χ0v) is 8.63. The molecule has 3 nitrogen and oxygen atoms in total. The lowest BCUT2D eigenvalue weighted by Crippen LogP contribution is -2.69. The molecule has 0 aromatic heterocycles. The van der Waals surface area contributed by atoms with Crippen molar-refractivity contribution in [1.29, 1.82) is 0 Å². The summed E-state index contributed by atoms with van der Waals surface area (Å²) in [6, 6.07) is 0.678. The predicted octanol–water partition coefficient (Wildman–Crippen LogP) is 0.211. The van der Waals surface area contributed by atoms with Gasteiger partial charge in [-0.05, 0) is 37.6 Å². The lowest BCUT2D eigenvalue weighted by molar-refractivity contribution is -0.185. The molecule has 4 rings (SSSR count). The minimum Gasteiger partial charge on any atom is -0.391 e. The van der Waals surface area contributed by atoms with Crippen LogP contribution in [0.5, 0.6) is 0 Å². The number of likely N-dealkylation sites (N-methyl/N-ethyl adjacent to an activating group) is 1. The summed E-state index contributed by atoms with van der Waals surface area (Å²) in [4.78, 5) is 2.32. The van der Waals surface area contributed by atoms with Gasteiger partial charge in [-0.15, -0.1) is 0 Å². The third-order valence-corrected chi connectivity index (χ3v) is 4.67. The van der Waals surface area contributed by atoms with E-state index in [2.05, 4.69) is 11.8 Å². The summed E-state index contributed by atoms with van der Waals surface area (Å²) in [5, 5.41) is 20.2. The number of piperidine rings is 2. The Morgan fingerprint density at radius 1 is 1.00 bits per heavy atom. The van der Waals surface area contributed by atoms with Crippen LogP contribution in [0.15, 0.2) is 0 Å². The van der Waals surface area contributed by atoms with Crippen LogP contribution in [0, 0.1) is 11.8 Å². The van der Waals surface area contributed by atoms with Gasteiger partial charge in [-0.1, -0.05) is 6.92 Å². The van der Waals surface area contributed by atoms with Crippen LogP contribution < -0.4 is 0 Å². The molecular weight excluding hydrogens is 178 g/mol. The second-order valence-electron chi connectivity index (χ2n) is 5.17. The number of hydrogen-bond donors (Lipinski definition) is 2. The van der Waals surface area contributed by atoms with Crippen molar-refractivity contribution in [3.05, 3.63) is 0 Å². The topological polar surface area (TPSA) is 43.7 Å². The van der Waals surface area contributed by atoms with E-state index >= 15 is 0 Å². The maximum atomic E-state index is 10.1. The van der Waals surface area contributed by atoms with Gasteiger partial charge in [0.2, 0.25) is 0 Å². The predicted molar refractivity (Wildman–Crippen MR) is 52.8 cm³/mol. The van der Waals surface area contributed by atoms with E-state index in [4.69, 9.17) is 0 Å². The fourth-order valence-corrected chi connectivity index (χ4v) is 4.04. The number of aliphatic hydroxyl groups is 2. The molecule has 0 amide bonds. The Morgan fingerprint density at radius 3 is 1.93 bits per heavy atom. The molecule has 6 unspecified atom stereocenters. The van der Waals surface area contributed by atoms with Crippen LogP contribution in [0.3, 0.4) is 0 Å². The fourth-order valence-electron chi connectivity index (χ4n) is 4.04. The molecule has 2 saturated carbocycles. The fraction of sp³-hybridized carbons (Fsp3) is 1.00. The highest BCUT2D eigenvalue weighted by Gasteiger charge is 2.55. The molecule has 14 heavy (non-hydrogen) atoms. The zero-order valence-electron chi connectivity index (χ0n) is 8.63. The minimum atomic E-state index is -0.130. The van der Waals surface area contributed by atoms with Crippen molar-refractivity contribution in [2.24, 2.45) is 11.8 Å². The van der Waals surface area contributed by atoms with Gasteiger partial charge < -0.3 is 10.2 Å². The molecule has 3 heteroatoms. The van der Waals surface area contributed by atoms with E-state index < -0.39 is 0 Å². The lowest BCUT2D eigenvalue weighted by atomic mass is 9.61. The van der Waals surface area contributed by atoms with Crippen molar-refractivity contribution in [1.82, 2.24) is 4.90 Å². The van der Waals surface area contributed by atoms with Gasteiger partial charge in [-0.3, -0.25) is 4.90 Å². The SMILES string of the molecule is CCN1C2CC3CC(CC1C3O)C2O. The van der Waals surface area contributed by atoms with Crippen molar-refractivity contribution in [3.63, 3.8) is 0 Å². The second-order valence-corrected chi connectivity index (χ2v) is 5.17. The molecule has 2 saturated heterocycles. The average molecular weight is 197 g/mol. The van der Waals surface area contributed by atoms with Crippen LogP contribution in [0.25, 0.3) is 0 Å². The standard InChI is InChI=1S/C11H19NO2/c1-2-12-8-4-6-3-7(11(8)14)5-9(12)10(6)13/h6-11,13-14H,2-5H2,1H3. The Balaban J connectivity index is 1.92. The summed E-state index contributed by atoms with van der Waals surface area (Å²) >= 11 is 0.